The number of rotatable bonds is 1. The molecule has 2 aliphatic heterocycles. The van der Waals surface area contributed by atoms with Gasteiger partial charge in [0.15, 0.2) is 0 Å². The molecule has 4 rings (SSSR count). The molecule has 2 aliphatic rings. The second-order valence-corrected chi connectivity index (χ2v) is 6.79. The SMILES string of the molecule is CC1(C)CCc2cc(C=C3C(=O)Nc4ccccc43)ccc2O1. The number of hydrogen-bond acceptors (Lipinski definition) is 2. The van der Waals surface area contributed by atoms with Gasteiger partial charge in [-0.3, -0.25) is 4.79 Å². The fourth-order valence-electron chi connectivity index (χ4n) is 3.22. The summed E-state index contributed by atoms with van der Waals surface area (Å²) >= 11 is 0. The van der Waals surface area contributed by atoms with E-state index in [0.717, 1.165) is 41.0 Å². The van der Waals surface area contributed by atoms with Crippen molar-refractivity contribution >= 4 is 23.2 Å². The van der Waals surface area contributed by atoms with Crippen molar-refractivity contribution < 1.29 is 9.53 Å². The number of hydrogen-bond donors (Lipinski definition) is 1. The molecule has 1 amide bonds. The zero-order valence-corrected chi connectivity index (χ0v) is 13.3. The van der Waals surface area contributed by atoms with Gasteiger partial charge in [-0.25, -0.2) is 0 Å². The van der Waals surface area contributed by atoms with Crippen LogP contribution in [0.2, 0.25) is 0 Å². The van der Waals surface area contributed by atoms with Gasteiger partial charge in [0.2, 0.25) is 0 Å². The van der Waals surface area contributed by atoms with Crippen molar-refractivity contribution in [1.29, 1.82) is 0 Å². The highest BCUT2D eigenvalue weighted by Crippen LogP contribution is 2.36. The molecule has 0 atom stereocenters. The van der Waals surface area contributed by atoms with E-state index in [9.17, 15) is 4.79 Å². The lowest BCUT2D eigenvalue weighted by Crippen LogP contribution is -2.32. The Labute approximate surface area is 136 Å². The van der Waals surface area contributed by atoms with Crippen LogP contribution in [0.3, 0.4) is 0 Å². The Morgan fingerprint density at radius 2 is 2.00 bits per heavy atom. The van der Waals surface area contributed by atoms with Crippen molar-refractivity contribution in [3.8, 4) is 5.75 Å². The normalized spacial score (nSPS) is 19.7. The molecule has 0 spiro atoms. The van der Waals surface area contributed by atoms with E-state index in [1.807, 2.05) is 42.5 Å². The fraction of sp³-hybridized carbons (Fsp3) is 0.250. The summed E-state index contributed by atoms with van der Waals surface area (Å²) in [6, 6.07) is 13.9. The minimum absolute atomic E-state index is 0.0405. The molecule has 0 bridgehead atoms. The summed E-state index contributed by atoms with van der Waals surface area (Å²) in [5, 5.41) is 2.91. The number of nitrogens with one attached hydrogen (secondary N) is 1. The van der Waals surface area contributed by atoms with E-state index in [2.05, 4.69) is 25.2 Å². The minimum atomic E-state index is -0.0999. The van der Waals surface area contributed by atoms with Crippen LogP contribution in [0.5, 0.6) is 5.75 Å². The highest BCUT2D eigenvalue weighted by molar-refractivity contribution is 6.34. The molecule has 0 fully saturated rings. The molecule has 2 aromatic carbocycles. The van der Waals surface area contributed by atoms with Crippen LogP contribution in [0.25, 0.3) is 11.6 Å². The van der Waals surface area contributed by atoms with Gasteiger partial charge >= 0.3 is 0 Å². The van der Waals surface area contributed by atoms with Crippen molar-refractivity contribution in [2.45, 2.75) is 32.3 Å². The first-order valence-corrected chi connectivity index (χ1v) is 7.96. The fourth-order valence-corrected chi connectivity index (χ4v) is 3.22. The van der Waals surface area contributed by atoms with Gasteiger partial charge in [0.25, 0.3) is 5.91 Å². The second kappa shape index (κ2) is 4.98. The number of carbonyl (C=O) groups is 1. The molecule has 0 saturated carbocycles. The van der Waals surface area contributed by atoms with Crippen molar-refractivity contribution in [2.24, 2.45) is 0 Å². The number of para-hydroxylation sites is 1. The second-order valence-electron chi connectivity index (χ2n) is 6.79. The summed E-state index contributed by atoms with van der Waals surface area (Å²) in [4.78, 5) is 12.2. The van der Waals surface area contributed by atoms with E-state index in [1.54, 1.807) is 0 Å². The highest BCUT2D eigenvalue weighted by Gasteiger charge is 2.27. The third kappa shape index (κ3) is 2.52. The highest BCUT2D eigenvalue weighted by atomic mass is 16.5. The molecular formula is C20H19NO2. The number of carbonyl (C=O) groups excluding carboxylic acids is 1. The maximum absolute atomic E-state index is 12.2. The molecule has 0 radical (unpaired) electrons. The van der Waals surface area contributed by atoms with Crippen LogP contribution in [-0.4, -0.2) is 11.5 Å². The molecule has 0 saturated heterocycles. The van der Waals surface area contributed by atoms with Crippen molar-refractivity contribution in [3.05, 3.63) is 59.2 Å². The summed E-state index contributed by atoms with van der Waals surface area (Å²) in [7, 11) is 0. The topological polar surface area (TPSA) is 38.3 Å². The van der Waals surface area contributed by atoms with Gasteiger partial charge in [-0.2, -0.15) is 0 Å². The van der Waals surface area contributed by atoms with E-state index in [-0.39, 0.29) is 11.5 Å². The first-order chi connectivity index (χ1) is 11.0. The lowest BCUT2D eigenvalue weighted by Gasteiger charge is -2.32. The van der Waals surface area contributed by atoms with E-state index < -0.39 is 0 Å². The maximum Gasteiger partial charge on any atom is 0.256 e. The molecule has 0 aliphatic carbocycles. The van der Waals surface area contributed by atoms with Crippen LogP contribution in [0.4, 0.5) is 5.69 Å². The smallest absolute Gasteiger partial charge is 0.256 e. The van der Waals surface area contributed by atoms with Crippen LogP contribution in [-0.2, 0) is 11.2 Å². The monoisotopic (exact) mass is 305 g/mol. The molecule has 0 aromatic heterocycles. The van der Waals surface area contributed by atoms with E-state index >= 15 is 0 Å². The van der Waals surface area contributed by atoms with E-state index in [0.29, 0.717) is 0 Å². The van der Waals surface area contributed by atoms with Gasteiger partial charge in [-0.1, -0.05) is 24.3 Å². The quantitative estimate of drug-likeness (QED) is 0.798. The van der Waals surface area contributed by atoms with Crippen molar-refractivity contribution in [1.82, 2.24) is 0 Å². The van der Waals surface area contributed by atoms with E-state index in [1.165, 1.54) is 5.56 Å². The number of benzene rings is 2. The zero-order valence-electron chi connectivity index (χ0n) is 13.3. The standard InChI is InChI=1S/C20H19NO2/c1-20(2)10-9-14-11-13(7-8-18(14)23-20)12-16-15-5-3-4-6-17(15)21-19(16)22/h3-8,11-12H,9-10H2,1-2H3,(H,21,22). The minimum Gasteiger partial charge on any atom is -0.488 e. The molecular weight excluding hydrogens is 286 g/mol. The number of fused-ring (bicyclic) bond motifs is 2. The summed E-state index contributed by atoms with van der Waals surface area (Å²) in [5.41, 5.74) is 4.72. The maximum atomic E-state index is 12.2. The number of ether oxygens (including phenoxy) is 1. The van der Waals surface area contributed by atoms with Crippen LogP contribution >= 0.6 is 0 Å². The summed E-state index contributed by atoms with van der Waals surface area (Å²) in [6.07, 6.45) is 3.96. The number of amides is 1. The molecule has 0 unspecified atom stereocenters. The predicted octanol–water partition coefficient (Wildman–Crippen LogP) is 4.28. The largest absolute Gasteiger partial charge is 0.488 e. The molecule has 3 nitrogen and oxygen atoms in total. The molecule has 23 heavy (non-hydrogen) atoms. The molecule has 3 heteroatoms. The van der Waals surface area contributed by atoms with Gasteiger partial charge in [0.1, 0.15) is 11.4 Å². The molecule has 1 N–H and O–H groups in total. The van der Waals surface area contributed by atoms with Gasteiger partial charge in [-0.15, -0.1) is 0 Å². The predicted molar refractivity (Wildman–Crippen MR) is 92.4 cm³/mol. The van der Waals surface area contributed by atoms with E-state index in [4.69, 9.17) is 4.74 Å². The Kier molecular flexibility index (Phi) is 3.05. The van der Waals surface area contributed by atoms with Crippen LogP contribution in [0.1, 0.15) is 37.0 Å². The van der Waals surface area contributed by atoms with Gasteiger partial charge in [0, 0.05) is 16.8 Å². The van der Waals surface area contributed by atoms with Gasteiger partial charge in [-0.05, 0) is 62.1 Å². The number of aryl methyl sites for hydroxylation is 1. The summed E-state index contributed by atoms with van der Waals surface area (Å²) < 4.78 is 6.02. The summed E-state index contributed by atoms with van der Waals surface area (Å²) in [6.45, 7) is 4.23. The van der Waals surface area contributed by atoms with Crippen LogP contribution in [0.15, 0.2) is 42.5 Å². The Hall–Kier alpha value is -2.55. The Balaban J connectivity index is 1.72. The lowest BCUT2D eigenvalue weighted by molar-refractivity contribution is -0.110. The Morgan fingerprint density at radius 3 is 2.87 bits per heavy atom. The molecule has 2 heterocycles. The lowest BCUT2D eigenvalue weighted by atomic mass is 9.93. The van der Waals surface area contributed by atoms with Crippen LogP contribution < -0.4 is 10.1 Å². The summed E-state index contributed by atoms with van der Waals surface area (Å²) in [5.74, 6) is 0.918. The first kappa shape index (κ1) is 14.1. The third-order valence-electron chi connectivity index (χ3n) is 4.49. The Morgan fingerprint density at radius 1 is 1.17 bits per heavy atom. The average molecular weight is 305 g/mol. The zero-order chi connectivity index (χ0) is 16.0. The van der Waals surface area contributed by atoms with Gasteiger partial charge < -0.3 is 10.1 Å². The Bertz CT molecular complexity index is 833. The first-order valence-electron chi connectivity index (χ1n) is 7.96. The van der Waals surface area contributed by atoms with Crippen molar-refractivity contribution in [3.63, 3.8) is 0 Å². The van der Waals surface area contributed by atoms with Crippen molar-refractivity contribution in [2.75, 3.05) is 5.32 Å². The number of anilines is 1. The molecule has 2 aromatic rings. The van der Waals surface area contributed by atoms with Gasteiger partial charge in [0.05, 0.1) is 0 Å². The third-order valence-corrected chi connectivity index (χ3v) is 4.49. The van der Waals surface area contributed by atoms with Crippen LogP contribution in [0, 0.1) is 0 Å². The molecule has 116 valence electrons. The average Bonchev–Trinajstić information content (AvgIpc) is 2.83.